The molecular formula is C12H12N2O2. The molecule has 0 atom stereocenters. The van der Waals surface area contributed by atoms with Crippen molar-refractivity contribution in [1.82, 2.24) is 9.78 Å². The minimum absolute atomic E-state index is 0.270. The number of carboxylic acid groups (broad SMARTS) is 1. The van der Waals surface area contributed by atoms with Gasteiger partial charge in [-0.2, -0.15) is 5.10 Å². The highest BCUT2D eigenvalue weighted by molar-refractivity contribution is 5.92. The fraction of sp³-hybridized carbons (Fsp3) is 0.167. The quantitative estimate of drug-likeness (QED) is 0.837. The van der Waals surface area contributed by atoms with Crippen LogP contribution in [-0.4, -0.2) is 20.9 Å². The zero-order valence-corrected chi connectivity index (χ0v) is 9.14. The molecule has 0 amide bonds. The van der Waals surface area contributed by atoms with Crippen LogP contribution in [0.5, 0.6) is 0 Å². The molecule has 1 aromatic carbocycles. The third-order valence-electron chi connectivity index (χ3n) is 2.59. The van der Waals surface area contributed by atoms with Gasteiger partial charge in [0.05, 0.1) is 11.3 Å². The zero-order chi connectivity index (χ0) is 11.7. The summed E-state index contributed by atoms with van der Waals surface area (Å²) < 4.78 is 1.57. The summed E-state index contributed by atoms with van der Waals surface area (Å²) in [5, 5.41) is 13.2. The first kappa shape index (κ1) is 10.4. The highest BCUT2D eigenvalue weighted by atomic mass is 16.4. The number of aryl methyl sites for hydroxylation is 2. The molecule has 0 unspecified atom stereocenters. The monoisotopic (exact) mass is 216 g/mol. The summed E-state index contributed by atoms with van der Waals surface area (Å²) in [6, 6.07) is 5.28. The largest absolute Gasteiger partial charge is 0.478 e. The lowest BCUT2D eigenvalue weighted by atomic mass is 10.0. The number of carbonyl (C=O) groups is 1. The second-order valence-corrected chi connectivity index (χ2v) is 3.71. The summed E-state index contributed by atoms with van der Waals surface area (Å²) in [5.74, 6) is -0.936. The predicted octanol–water partition coefficient (Wildman–Crippen LogP) is 2.19. The van der Waals surface area contributed by atoms with Crippen LogP contribution in [0.3, 0.4) is 0 Å². The Bertz CT molecular complexity index is 530. The van der Waals surface area contributed by atoms with Gasteiger partial charge in [-0.05, 0) is 43.2 Å². The standard InChI is InChI=1S/C12H12N2O2/c1-8-6-10(12(15)16)11(7-9(8)2)14-5-3-4-13-14/h3-7H,1-2H3,(H,15,16). The molecule has 0 saturated heterocycles. The first-order chi connectivity index (χ1) is 7.59. The number of carboxylic acids is 1. The molecule has 0 saturated carbocycles. The molecule has 1 aromatic heterocycles. The Hall–Kier alpha value is -2.10. The van der Waals surface area contributed by atoms with Crippen LogP contribution in [0.15, 0.2) is 30.6 Å². The Morgan fingerprint density at radius 3 is 2.56 bits per heavy atom. The van der Waals surface area contributed by atoms with E-state index in [-0.39, 0.29) is 5.56 Å². The summed E-state index contributed by atoms with van der Waals surface area (Å²) in [6.45, 7) is 3.85. The van der Waals surface area contributed by atoms with Crippen molar-refractivity contribution in [2.75, 3.05) is 0 Å². The molecule has 1 N–H and O–H groups in total. The van der Waals surface area contributed by atoms with Gasteiger partial charge < -0.3 is 5.11 Å². The maximum atomic E-state index is 11.1. The smallest absolute Gasteiger partial charge is 0.337 e. The molecule has 0 bridgehead atoms. The molecule has 0 spiro atoms. The Labute approximate surface area is 93.1 Å². The molecule has 0 radical (unpaired) electrons. The van der Waals surface area contributed by atoms with Crippen molar-refractivity contribution in [1.29, 1.82) is 0 Å². The van der Waals surface area contributed by atoms with Gasteiger partial charge in [0.1, 0.15) is 0 Å². The molecule has 0 fully saturated rings. The third-order valence-corrected chi connectivity index (χ3v) is 2.59. The van der Waals surface area contributed by atoms with Crippen molar-refractivity contribution in [3.05, 3.63) is 47.3 Å². The SMILES string of the molecule is Cc1cc(C(=O)O)c(-n2cccn2)cc1C. The number of rotatable bonds is 2. The molecule has 4 nitrogen and oxygen atoms in total. The average molecular weight is 216 g/mol. The van der Waals surface area contributed by atoms with Crippen molar-refractivity contribution >= 4 is 5.97 Å². The molecule has 4 heteroatoms. The second-order valence-electron chi connectivity index (χ2n) is 3.71. The van der Waals surface area contributed by atoms with Crippen LogP contribution in [0.4, 0.5) is 0 Å². The van der Waals surface area contributed by atoms with Gasteiger partial charge >= 0.3 is 5.97 Å². The van der Waals surface area contributed by atoms with E-state index in [2.05, 4.69) is 5.10 Å². The first-order valence-electron chi connectivity index (χ1n) is 4.94. The van der Waals surface area contributed by atoms with Gasteiger partial charge in [0, 0.05) is 12.4 Å². The van der Waals surface area contributed by atoms with Gasteiger partial charge in [0.15, 0.2) is 0 Å². The summed E-state index contributed by atoms with van der Waals surface area (Å²) in [4.78, 5) is 11.1. The van der Waals surface area contributed by atoms with Gasteiger partial charge in [-0.15, -0.1) is 0 Å². The highest BCUT2D eigenvalue weighted by Crippen LogP contribution is 2.19. The first-order valence-corrected chi connectivity index (χ1v) is 4.94. The van der Waals surface area contributed by atoms with E-state index in [1.165, 1.54) is 0 Å². The molecule has 0 aliphatic carbocycles. The van der Waals surface area contributed by atoms with Crippen molar-refractivity contribution in [3.63, 3.8) is 0 Å². The van der Waals surface area contributed by atoms with Crippen LogP contribution in [-0.2, 0) is 0 Å². The van der Waals surface area contributed by atoms with E-state index in [9.17, 15) is 4.79 Å². The average Bonchev–Trinajstić information content (AvgIpc) is 2.74. The fourth-order valence-corrected chi connectivity index (χ4v) is 1.57. The van der Waals surface area contributed by atoms with Crippen molar-refractivity contribution in [3.8, 4) is 5.69 Å². The van der Waals surface area contributed by atoms with Crippen molar-refractivity contribution in [2.45, 2.75) is 13.8 Å². The molecule has 0 aliphatic rings. The third kappa shape index (κ3) is 1.69. The van der Waals surface area contributed by atoms with Gasteiger partial charge in [-0.3, -0.25) is 0 Å². The van der Waals surface area contributed by atoms with E-state index >= 15 is 0 Å². The predicted molar refractivity (Wildman–Crippen MR) is 60.0 cm³/mol. The highest BCUT2D eigenvalue weighted by Gasteiger charge is 2.13. The summed E-state index contributed by atoms with van der Waals surface area (Å²) >= 11 is 0. The summed E-state index contributed by atoms with van der Waals surface area (Å²) in [7, 11) is 0. The maximum absolute atomic E-state index is 11.1. The number of benzene rings is 1. The van der Waals surface area contributed by atoms with E-state index in [1.54, 1.807) is 29.2 Å². The van der Waals surface area contributed by atoms with Crippen LogP contribution in [0, 0.1) is 13.8 Å². The van der Waals surface area contributed by atoms with E-state index in [1.807, 2.05) is 19.9 Å². The molecule has 16 heavy (non-hydrogen) atoms. The second kappa shape index (κ2) is 3.81. The minimum Gasteiger partial charge on any atom is -0.478 e. The Morgan fingerprint density at radius 1 is 1.31 bits per heavy atom. The van der Waals surface area contributed by atoms with Gasteiger partial charge in [-0.25, -0.2) is 9.48 Å². The number of aromatic nitrogens is 2. The zero-order valence-electron chi connectivity index (χ0n) is 9.14. The van der Waals surface area contributed by atoms with E-state index in [4.69, 9.17) is 5.11 Å². The number of hydrogen-bond acceptors (Lipinski definition) is 2. The number of aromatic carboxylic acids is 1. The number of nitrogens with zero attached hydrogens (tertiary/aromatic N) is 2. The molecule has 2 aromatic rings. The number of hydrogen-bond donors (Lipinski definition) is 1. The van der Waals surface area contributed by atoms with E-state index in [0.717, 1.165) is 11.1 Å². The topological polar surface area (TPSA) is 55.1 Å². The minimum atomic E-state index is -0.936. The van der Waals surface area contributed by atoms with Crippen LogP contribution in [0.2, 0.25) is 0 Å². The summed E-state index contributed by atoms with van der Waals surface area (Å²) in [5.41, 5.74) is 2.89. The molecule has 0 aliphatic heterocycles. The Balaban J connectivity index is 2.68. The van der Waals surface area contributed by atoms with Crippen molar-refractivity contribution in [2.24, 2.45) is 0 Å². The lowest BCUT2D eigenvalue weighted by molar-refractivity contribution is 0.0696. The van der Waals surface area contributed by atoms with Crippen LogP contribution >= 0.6 is 0 Å². The van der Waals surface area contributed by atoms with Gasteiger partial charge in [0.2, 0.25) is 0 Å². The van der Waals surface area contributed by atoms with Crippen LogP contribution in [0.25, 0.3) is 5.69 Å². The lowest BCUT2D eigenvalue weighted by Gasteiger charge is -2.09. The van der Waals surface area contributed by atoms with Crippen LogP contribution in [0.1, 0.15) is 21.5 Å². The van der Waals surface area contributed by atoms with E-state index in [0.29, 0.717) is 5.69 Å². The van der Waals surface area contributed by atoms with Crippen LogP contribution < -0.4 is 0 Å². The lowest BCUT2D eigenvalue weighted by Crippen LogP contribution is -2.07. The maximum Gasteiger partial charge on any atom is 0.337 e. The van der Waals surface area contributed by atoms with Gasteiger partial charge in [0.25, 0.3) is 0 Å². The molecule has 82 valence electrons. The molecule has 1 heterocycles. The summed E-state index contributed by atoms with van der Waals surface area (Å²) in [6.07, 6.45) is 3.36. The van der Waals surface area contributed by atoms with E-state index < -0.39 is 5.97 Å². The normalized spacial score (nSPS) is 10.4. The van der Waals surface area contributed by atoms with Crippen molar-refractivity contribution < 1.29 is 9.90 Å². The Morgan fingerprint density at radius 2 is 2.00 bits per heavy atom. The molecular weight excluding hydrogens is 204 g/mol. The van der Waals surface area contributed by atoms with Gasteiger partial charge in [-0.1, -0.05) is 0 Å². The fourth-order valence-electron chi connectivity index (χ4n) is 1.57. The molecule has 2 rings (SSSR count). The Kier molecular flexibility index (Phi) is 2.48.